The van der Waals surface area contributed by atoms with Crippen LogP contribution in [0.1, 0.15) is 29.8 Å². The fourth-order valence-corrected chi connectivity index (χ4v) is 2.66. The van der Waals surface area contributed by atoms with Crippen LogP contribution in [0.2, 0.25) is 0 Å². The van der Waals surface area contributed by atoms with Crippen molar-refractivity contribution < 1.29 is 14.7 Å². The molecule has 2 aromatic rings. The van der Waals surface area contributed by atoms with E-state index in [4.69, 9.17) is 5.11 Å². The van der Waals surface area contributed by atoms with Crippen molar-refractivity contribution in [2.75, 3.05) is 7.05 Å². The van der Waals surface area contributed by atoms with Gasteiger partial charge in [0.2, 0.25) is 5.91 Å². The second-order valence-corrected chi connectivity index (χ2v) is 6.51. The largest absolute Gasteiger partial charge is 0.478 e. The number of nitrogens with zero attached hydrogens (tertiary/aromatic N) is 1. The summed E-state index contributed by atoms with van der Waals surface area (Å²) >= 11 is 0. The highest BCUT2D eigenvalue weighted by Gasteiger charge is 2.41. The van der Waals surface area contributed by atoms with Gasteiger partial charge in [0.25, 0.3) is 0 Å². The summed E-state index contributed by atoms with van der Waals surface area (Å²) in [4.78, 5) is 24.0. The molecule has 1 atom stereocenters. The fraction of sp³-hybridized carbons (Fsp3) is 0.300. The van der Waals surface area contributed by atoms with Gasteiger partial charge in [0.1, 0.15) is 0 Å². The first-order chi connectivity index (χ1) is 11.8. The molecule has 0 bridgehead atoms. The summed E-state index contributed by atoms with van der Waals surface area (Å²) in [5.41, 5.74) is 1.29. The number of rotatable bonds is 3. The van der Waals surface area contributed by atoms with Crippen LogP contribution in [0, 0.1) is 0 Å². The van der Waals surface area contributed by atoms with Crippen molar-refractivity contribution in [1.29, 1.82) is 0 Å². The Bertz CT molecular complexity index is 714. The maximum Gasteiger partial charge on any atom is 0.335 e. The van der Waals surface area contributed by atoms with Crippen LogP contribution in [-0.2, 0) is 11.2 Å². The van der Waals surface area contributed by atoms with Gasteiger partial charge >= 0.3 is 5.97 Å². The molecule has 0 aromatic heterocycles. The average Bonchev–Trinajstić information content (AvgIpc) is 2.80. The second-order valence-electron chi connectivity index (χ2n) is 6.51. The first kappa shape index (κ1) is 18.7. The van der Waals surface area contributed by atoms with Gasteiger partial charge < -0.3 is 10.0 Å². The van der Waals surface area contributed by atoms with Crippen LogP contribution in [0.15, 0.2) is 60.7 Å². The molecule has 0 aliphatic carbocycles. The number of aromatic carboxylic acids is 1. The number of nitrogens with one attached hydrogen (secondary N) is 1. The van der Waals surface area contributed by atoms with Crippen LogP contribution in [0.4, 0.5) is 0 Å². The Labute approximate surface area is 148 Å². The van der Waals surface area contributed by atoms with Gasteiger partial charge in [0.15, 0.2) is 0 Å². The highest BCUT2D eigenvalue weighted by Crippen LogP contribution is 2.20. The quantitative estimate of drug-likeness (QED) is 0.901. The summed E-state index contributed by atoms with van der Waals surface area (Å²) in [6.45, 7) is 4.05. The zero-order chi connectivity index (χ0) is 18.4. The Morgan fingerprint density at radius 1 is 1.08 bits per heavy atom. The number of carboxylic acid groups (broad SMARTS) is 1. The van der Waals surface area contributed by atoms with Crippen LogP contribution >= 0.6 is 0 Å². The minimum atomic E-state index is -0.879. The Balaban J connectivity index is 0.000000212. The molecule has 5 nitrogen and oxygen atoms in total. The molecular weight excluding hydrogens is 316 g/mol. The Hall–Kier alpha value is -2.66. The van der Waals surface area contributed by atoms with E-state index in [9.17, 15) is 9.59 Å². The minimum absolute atomic E-state index is 0.0950. The third-order valence-electron chi connectivity index (χ3n) is 4.30. The summed E-state index contributed by atoms with van der Waals surface area (Å²) in [5.74, 6) is -0.704. The van der Waals surface area contributed by atoms with Crippen LogP contribution in [0.5, 0.6) is 0 Å². The van der Waals surface area contributed by atoms with Gasteiger partial charge in [-0.1, -0.05) is 48.5 Å². The molecule has 1 aliphatic rings. The van der Waals surface area contributed by atoms with Crippen molar-refractivity contribution >= 4 is 11.9 Å². The van der Waals surface area contributed by atoms with E-state index in [0.29, 0.717) is 5.56 Å². The second kappa shape index (κ2) is 7.94. The normalized spacial score (nSPS) is 18.4. The number of hydrogen-bond acceptors (Lipinski definition) is 3. The molecule has 2 aromatic carbocycles. The lowest BCUT2D eigenvalue weighted by molar-refractivity contribution is -0.129. The highest BCUT2D eigenvalue weighted by atomic mass is 16.4. The summed E-state index contributed by atoms with van der Waals surface area (Å²) in [6, 6.07) is 18.3. The van der Waals surface area contributed by atoms with Gasteiger partial charge in [-0.2, -0.15) is 0 Å². The smallest absolute Gasteiger partial charge is 0.335 e. The molecule has 1 fully saturated rings. The molecule has 0 spiro atoms. The lowest BCUT2D eigenvalue weighted by atomic mass is 10.1. The fourth-order valence-electron chi connectivity index (χ4n) is 2.66. The van der Waals surface area contributed by atoms with Gasteiger partial charge in [0.05, 0.1) is 17.3 Å². The molecule has 1 saturated heterocycles. The zero-order valence-electron chi connectivity index (χ0n) is 14.8. The molecule has 1 amide bonds. The average molecular weight is 340 g/mol. The molecule has 25 heavy (non-hydrogen) atoms. The van der Waals surface area contributed by atoms with E-state index in [2.05, 4.69) is 17.4 Å². The number of carbonyl (C=O) groups is 2. The van der Waals surface area contributed by atoms with E-state index in [1.807, 2.05) is 39.1 Å². The van der Waals surface area contributed by atoms with E-state index in [0.717, 1.165) is 6.42 Å². The molecule has 1 aliphatic heterocycles. The van der Waals surface area contributed by atoms with E-state index >= 15 is 0 Å². The molecular formula is C20H24N2O3. The first-order valence-electron chi connectivity index (χ1n) is 8.19. The summed E-state index contributed by atoms with van der Waals surface area (Å²) in [6.07, 6.45) is 0.757. The van der Waals surface area contributed by atoms with E-state index in [1.165, 1.54) is 5.56 Å². The predicted octanol–water partition coefficient (Wildman–Crippen LogP) is 2.78. The van der Waals surface area contributed by atoms with Crippen molar-refractivity contribution in [2.45, 2.75) is 32.0 Å². The number of hydrogen-bond donors (Lipinski definition) is 2. The maximum atomic E-state index is 12.0. The van der Waals surface area contributed by atoms with E-state index < -0.39 is 5.97 Å². The SMILES string of the molecule is CN1C(=O)[C@H](Cc2ccccc2)NC1(C)C.O=C(O)c1ccccc1. The zero-order valence-corrected chi connectivity index (χ0v) is 14.8. The molecule has 0 unspecified atom stereocenters. The Morgan fingerprint density at radius 3 is 2.00 bits per heavy atom. The first-order valence-corrected chi connectivity index (χ1v) is 8.19. The number of benzene rings is 2. The molecule has 1 heterocycles. The van der Waals surface area contributed by atoms with Gasteiger partial charge in [-0.3, -0.25) is 10.1 Å². The molecule has 2 N–H and O–H groups in total. The summed E-state index contributed by atoms with van der Waals surface area (Å²) in [5, 5.41) is 11.7. The molecule has 3 rings (SSSR count). The van der Waals surface area contributed by atoms with Crippen molar-refractivity contribution in [1.82, 2.24) is 10.2 Å². The van der Waals surface area contributed by atoms with Crippen LogP contribution in [-0.4, -0.2) is 40.6 Å². The van der Waals surface area contributed by atoms with Crippen molar-refractivity contribution in [3.8, 4) is 0 Å². The number of amides is 1. The predicted molar refractivity (Wildman–Crippen MR) is 97.3 cm³/mol. The third kappa shape index (κ3) is 4.90. The topological polar surface area (TPSA) is 69.6 Å². The van der Waals surface area contributed by atoms with Crippen LogP contribution in [0.3, 0.4) is 0 Å². The van der Waals surface area contributed by atoms with Crippen LogP contribution in [0.25, 0.3) is 0 Å². The minimum Gasteiger partial charge on any atom is -0.478 e. The third-order valence-corrected chi connectivity index (χ3v) is 4.30. The number of carbonyl (C=O) groups excluding carboxylic acids is 1. The van der Waals surface area contributed by atoms with Gasteiger partial charge in [-0.15, -0.1) is 0 Å². The van der Waals surface area contributed by atoms with Crippen molar-refractivity contribution in [3.63, 3.8) is 0 Å². The van der Waals surface area contributed by atoms with E-state index in [-0.39, 0.29) is 17.6 Å². The van der Waals surface area contributed by atoms with Crippen molar-refractivity contribution in [2.24, 2.45) is 0 Å². The molecule has 132 valence electrons. The highest BCUT2D eigenvalue weighted by molar-refractivity contribution is 5.87. The van der Waals surface area contributed by atoms with Gasteiger partial charge in [0, 0.05) is 7.05 Å². The summed E-state index contributed by atoms with van der Waals surface area (Å²) < 4.78 is 0. The van der Waals surface area contributed by atoms with Crippen molar-refractivity contribution in [3.05, 3.63) is 71.8 Å². The Morgan fingerprint density at radius 2 is 1.60 bits per heavy atom. The van der Waals surface area contributed by atoms with E-state index in [1.54, 1.807) is 35.2 Å². The summed E-state index contributed by atoms with van der Waals surface area (Å²) in [7, 11) is 1.85. The van der Waals surface area contributed by atoms with Gasteiger partial charge in [-0.05, 0) is 38.0 Å². The lowest BCUT2D eigenvalue weighted by Crippen LogP contribution is -2.45. The molecule has 5 heteroatoms. The standard InChI is InChI=1S/C13H18N2O.C7H6O2/c1-13(2)14-11(12(16)15(13)3)9-10-7-5-4-6-8-10;8-7(9)6-4-2-1-3-5-6/h4-8,11,14H,9H2,1-3H3;1-5H,(H,8,9)/t11-;/m0./s1. The van der Waals surface area contributed by atoms with Crippen LogP contribution < -0.4 is 5.32 Å². The lowest BCUT2D eigenvalue weighted by Gasteiger charge is -2.27. The molecule has 0 saturated carbocycles. The monoisotopic (exact) mass is 340 g/mol. The maximum absolute atomic E-state index is 12.0. The number of carboxylic acids is 1. The Kier molecular flexibility index (Phi) is 5.93. The molecule has 0 radical (unpaired) electrons. The number of likely N-dealkylation sites (N-methyl/N-ethyl adjacent to an activating group) is 1. The van der Waals surface area contributed by atoms with Gasteiger partial charge in [-0.25, -0.2) is 4.79 Å².